The van der Waals surface area contributed by atoms with Gasteiger partial charge >= 0.3 is 0 Å². The molecule has 1 atom stereocenters. The van der Waals surface area contributed by atoms with Crippen LogP contribution in [-0.4, -0.2) is 21.5 Å². The van der Waals surface area contributed by atoms with E-state index in [0.29, 0.717) is 16.8 Å². The molecule has 0 spiro atoms. The van der Waals surface area contributed by atoms with Crippen LogP contribution in [0.25, 0.3) is 10.9 Å². The quantitative estimate of drug-likeness (QED) is 0.933. The number of carbonyl (C=O) groups is 1. The van der Waals surface area contributed by atoms with Crippen LogP contribution in [0.4, 0.5) is 0 Å². The second kappa shape index (κ2) is 6.08. The number of carbonyl (C=O) groups excluding carboxylic acids is 1. The minimum Gasteiger partial charge on any atom is -0.352 e. The van der Waals surface area contributed by atoms with Gasteiger partial charge in [-0.05, 0) is 31.9 Å². The molecule has 1 heterocycles. The van der Waals surface area contributed by atoms with E-state index < -0.39 is 0 Å². The Balaban J connectivity index is 2.25. The van der Waals surface area contributed by atoms with Gasteiger partial charge in [-0.25, -0.2) is 4.98 Å². The minimum absolute atomic E-state index is 0.00717. The van der Waals surface area contributed by atoms with Crippen molar-refractivity contribution in [2.75, 3.05) is 0 Å². The van der Waals surface area contributed by atoms with E-state index in [4.69, 9.17) is 0 Å². The Morgan fingerprint density at radius 3 is 2.71 bits per heavy atom. The zero-order chi connectivity index (χ0) is 15.6. The van der Waals surface area contributed by atoms with Crippen LogP contribution in [0.5, 0.6) is 0 Å². The second-order valence-electron chi connectivity index (χ2n) is 5.80. The fraction of sp³-hybridized carbons (Fsp3) is 0.438. The van der Waals surface area contributed by atoms with Crippen molar-refractivity contribution >= 4 is 16.8 Å². The molecule has 1 aromatic carbocycles. The summed E-state index contributed by atoms with van der Waals surface area (Å²) in [6.45, 7) is 7.95. The van der Waals surface area contributed by atoms with Crippen LogP contribution in [0.3, 0.4) is 0 Å². The predicted molar refractivity (Wildman–Crippen MR) is 83.2 cm³/mol. The lowest BCUT2D eigenvalue weighted by atomic mass is 10.1. The van der Waals surface area contributed by atoms with Gasteiger partial charge in [-0.1, -0.05) is 25.5 Å². The van der Waals surface area contributed by atoms with E-state index in [0.717, 1.165) is 5.56 Å². The van der Waals surface area contributed by atoms with E-state index in [1.54, 1.807) is 6.07 Å². The van der Waals surface area contributed by atoms with Crippen LogP contribution in [0.1, 0.15) is 26.3 Å². The summed E-state index contributed by atoms with van der Waals surface area (Å²) < 4.78 is 1.35. The molecule has 5 nitrogen and oxygen atoms in total. The monoisotopic (exact) mass is 287 g/mol. The highest BCUT2D eigenvalue weighted by atomic mass is 16.2. The number of rotatable bonds is 4. The SMILES string of the molecule is Cc1ccc2ncn(CC(=O)N[C@@H](C)C(C)C)c(=O)c2c1. The number of fused-ring (bicyclic) bond motifs is 1. The van der Waals surface area contributed by atoms with Crippen LogP contribution in [0.2, 0.25) is 0 Å². The van der Waals surface area contributed by atoms with Crippen molar-refractivity contribution in [3.63, 3.8) is 0 Å². The van der Waals surface area contributed by atoms with Gasteiger partial charge in [-0.15, -0.1) is 0 Å². The summed E-state index contributed by atoms with van der Waals surface area (Å²) in [5.74, 6) is 0.176. The molecule has 0 aliphatic carbocycles. The van der Waals surface area contributed by atoms with E-state index in [9.17, 15) is 9.59 Å². The fourth-order valence-corrected chi connectivity index (χ4v) is 2.01. The third kappa shape index (κ3) is 3.48. The van der Waals surface area contributed by atoms with Gasteiger partial charge in [0.15, 0.2) is 0 Å². The first-order chi connectivity index (χ1) is 9.88. The van der Waals surface area contributed by atoms with E-state index in [2.05, 4.69) is 10.3 Å². The summed E-state index contributed by atoms with van der Waals surface area (Å²) in [6.07, 6.45) is 1.43. The highest BCUT2D eigenvalue weighted by Gasteiger charge is 2.12. The van der Waals surface area contributed by atoms with Gasteiger partial charge in [-0.3, -0.25) is 14.2 Å². The molecule has 0 fully saturated rings. The number of nitrogens with zero attached hydrogens (tertiary/aromatic N) is 2. The van der Waals surface area contributed by atoms with Crippen LogP contribution >= 0.6 is 0 Å². The summed E-state index contributed by atoms with van der Waals surface area (Å²) in [5.41, 5.74) is 1.46. The smallest absolute Gasteiger partial charge is 0.261 e. The number of nitrogens with one attached hydrogen (secondary N) is 1. The molecule has 0 saturated carbocycles. The zero-order valence-corrected chi connectivity index (χ0v) is 12.9. The molecule has 1 aromatic heterocycles. The third-order valence-corrected chi connectivity index (χ3v) is 3.68. The summed E-state index contributed by atoms with van der Waals surface area (Å²) in [4.78, 5) is 28.6. The molecule has 2 aromatic rings. The van der Waals surface area contributed by atoms with Gasteiger partial charge in [0, 0.05) is 6.04 Å². The zero-order valence-electron chi connectivity index (χ0n) is 12.9. The standard InChI is InChI=1S/C16H21N3O2/c1-10(2)12(4)18-15(20)8-19-9-17-14-6-5-11(3)7-13(14)16(19)21/h5-7,9-10,12H,8H2,1-4H3,(H,18,20)/t12-/m0/s1. The van der Waals surface area contributed by atoms with Crippen molar-refractivity contribution < 1.29 is 4.79 Å². The van der Waals surface area contributed by atoms with Crippen molar-refractivity contribution in [3.05, 3.63) is 40.4 Å². The van der Waals surface area contributed by atoms with Crippen molar-refractivity contribution in [2.24, 2.45) is 5.92 Å². The lowest BCUT2D eigenvalue weighted by Crippen LogP contribution is -2.39. The van der Waals surface area contributed by atoms with E-state index in [1.165, 1.54) is 10.9 Å². The molecular formula is C16H21N3O2. The van der Waals surface area contributed by atoms with Gasteiger partial charge in [0.25, 0.3) is 5.56 Å². The molecule has 0 aliphatic heterocycles. The summed E-state index contributed by atoms with van der Waals surface area (Å²) in [6, 6.07) is 5.60. The maximum atomic E-state index is 12.4. The number of hydrogen-bond acceptors (Lipinski definition) is 3. The maximum Gasteiger partial charge on any atom is 0.261 e. The Kier molecular flexibility index (Phi) is 4.40. The molecule has 2 rings (SSSR count). The minimum atomic E-state index is -0.184. The molecule has 1 N–H and O–H groups in total. The van der Waals surface area contributed by atoms with Crippen molar-refractivity contribution in [3.8, 4) is 0 Å². The van der Waals surface area contributed by atoms with E-state index in [-0.39, 0.29) is 24.1 Å². The molecule has 0 unspecified atom stereocenters. The highest BCUT2D eigenvalue weighted by Crippen LogP contribution is 2.08. The topological polar surface area (TPSA) is 64.0 Å². The lowest BCUT2D eigenvalue weighted by Gasteiger charge is -2.17. The number of hydrogen-bond donors (Lipinski definition) is 1. The summed E-state index contributed by atoms with van der Waals surface area (Å²) >= 11 is 0. The highest BCUT2D eigenvalue weighted by molar-refractivity contribution is 5.79. The fourth-order valence-electron chi connectivity index (χ4n) is 2.01. The van der Waals surface area contributed by atoms with Crippen LogP contribution < -0.4 is 10.9 Å². The van der Waals surface area contributed by atoms with E-state index >= 15 is 0 Å². The Bertz CT molecular complexity index is 719. The molecule has 112 valence electrons. The van der Waals surface area contributed by atoms with Gasteiger partial charge in [0.2, 0.25) is 5.91 Å². The average molecular weight is 287 g/mol. The summed E-state index contributed by atoms with van der Waals surface area (Å²) in [5, 5.41) is 3.43. The Hall–Kier alpha value is -2.17. The second-order valence-corrected chi connectivity index (χ2v) is 5.80. The van der Waals surface area contributed by atoms with Crippen LogP contribution in [0, 0.1) is 12.8 Å². The first kappa shape index (κ1) is 15.2. The number of amides is 1. The van der Waals surface area contributed by atoms with Crippen molar-refractivity contribution in [1.82, 2.24) is 14.9 Å². The van der Waals surface area contributed by atoms with Crippen LogP contribution in [-0.2, 0) is 11.3 Å². The third-order valence-electron chi connectivity index (χ3n) is 3.68. The lowest BCUT2D eigenvalue weighted by molar-refractivity contribution is -0.122. The Morgan fingerprint density at radius 1 is 1.33 bits per heavy atom. The summed E-state index contributed by atoms with van der Waals surface area (Å²) in [7, 11) is 0. The molecule has 0 saturated heterocycles. The Morgan fingerprint density at radius 2 is 2.05 bits per heavy atom. The van der Waals surface area contributed by atoms with Crippen LogP contribution in [0.15, 0.2) is 29.3 Å². The van der Waals surface area contributed by atoms with Gasteiger partial charge in [-0.2, -0.15) is 0 Å². The molecule has 1 amide bonds. The molecule has 0 aliphatic rings. The van der Waals surface area contributed by atoms with Crippen molar-refractivity contribution in [1.29, 1.82) is 0 Å². The molecular weight excluding hydrogens is 266 g/mol. The maximum absolute atomic E-state index is 12.4. The Labute approximate surface area is 124 Å². The predicted octanol–water partition coefficient (Wildman–Crippen LogP) is 1.87. The molecule has 0 bridgehead atoms. The number of benzene rings is 1. The van der Waals surface area contributed by atoms with Crippen molar-refractivity contribution in [2.45, 2.75) is 40.3 Å². The van der Waals surface area contributed by atoms with Gasteiger partial charge in [0.1, 0.15) is 6.54 Å². The van der Waals surface area contributed by atoms with E-state index in [1.807, 2.05) is 39.8 Å². The largest absolute Gasteiger partial charge is 0.352 e. The average Bonchev–Trinajstić information content (AvgIpc) is 2.42. The van der Waals surface area contributed by atoms with Gasteiger partial charge < -0.3 is 5.32 Å². The number of aryl methyl sites for hydroxylation is 1. The molecule has 0 radical (unpaired) electrons. The molecule has 21 heavy (non-hydrogen) atoms. The van der Waals surface area contributed by atoms with Gasteiger partial charge in [0.05, 0.1) is 17.2 Å². The number of aromatic nitrogens is 2. The first-order valence-electron chi connectivity index (χ1n) is 7.13. The molecule has 5 heteroatoms. The normalized spacial score (nSPS) is 12.6. The first-order valence-corrected chi connectivity index (χ1v) is 7.13.